The molecule has 0 aliphatic heterocycles. The second kappa shape index (κ2) is 5.51. The van der Waals surface area contributed by atoms with Crippen LogP contribution in [-0.2, 0) is 6.42 Å². The Morgan fingerprint density at radius 3 is 2.65 bits per heavy atom. The van der Waals surface area contributed by atoms with Crippen LogP contribution >= 0.6 is 11.8 Å². The van der Waals surface area contributed by atoms with Crippen molar-refractivity contribution in [3.63, 3.8) is 0 Å². The first-order valence-electron chi connectivity index (χ1n) is 6.54. The number of nitrogens with two attached hydrogens (primary N) is 1. The largest absolute Gasteiger partial charge is 0.383 e. The Balaban J connectivity index is 1.99. The van der Waals surface area contributed by atoms with Crippen molar-refractivity contribution >= 4 is 28.4 Å². The summed E-state index contributed by atoms with van der Waals surface area (Å²) < 4.78 is 0. The number of benzene rings is 2. The fourth-order valence-electron chi connectivity index (χ4n) is 2.17. The summed E-state index contributed by atoms with van der Waals surface area (Å²) in [4.78, 5) is 9.58. The Morgan fingerprint density at radius 1 is 1.05 bits per heavy atom. The molecule has 0 saturated heterocycles. The minimum atomic E-state index is 0.575. The third-order valence-corrected chi connectivity index (χ3v) is 4.26. The lowest BCUT2D eigenvalue weighted by Gasteiger charge is -2.08. The average Bonchev–Trinajstić information content (AvgIpc) is 2.47. The standard InChI is InChI=1S/C16H15N3S/c1-2-14-15(17)18-10-19-16(14)20-13-8-7-11-5-3-4-6-12(11)9-13/h3-10H,2H2,1H3,(H2,17,18,19). The maximum Gasteiger partial charge on any atom is 0.131 e. The van der Waals surface area contributed by atoms with E-state index in [2.05, 4.69) is 59.4 Å². The van der Waals surface area contributed by atoms with E-state index in [4.69, 9.17) is 5.73 Å². The summed E-state index contributed by atoms with van der Waals surface area (Å²) in [6.07, 6.45) is 2.36. The highest BCUT2D eigenvalue weighted by Crippen LogP contribution is 2.32. The van der Waals surface area contributed by atoms with Crippen LogP contribution in [0.25, 0.3) is 10.8 Å². The Kier molecular flexibility index (Phi) is 3.56. The molecule has 0 aliphatic rings. The fraction of sp³-hybridized carbons (Fsp3) is 0.125. The van der Waals surface area contributed by atoms with Crippen LogP contribution in [0.5, 0.6) is 0 Å². The van der Waals surface area contributed by atoms with Gasteiger partial charge in [-0.25, -0.2) is 9.97 Å². The van der Waals surface area contributed by atoms with Gasteiger partial charge in [0.25, 0.3) is 0 Å². The predicted octanol–water partition coefficient (Wildman–Crippen LogP) is 3.93. The van der Waals surface area contributed by atoms with Gasteiger partial charge in [-0.05, 0) is 29.3 Å². The number of rotatable bonds is 3. The zero-order chi connectivity index (χ0) is 13.9. The number of nitrogen functional groups attached to an aromatic ring is 1. The second-order valence-corrected chi connectivity index (χ2v) is 5.57. The van der Waals surface area contributed by atoms with Gasteiger partial charge in [0.05, 0.1) is 0 Å². The molecule has 0 spiro atoms. The maximum atomic E-state index is 5.91. The van der Waals surface area contributed by atoms with Gasteiger partial charge in [0.1, 0.15) is 17.2 Å². The van der Waals surface area contributed by atoms with Gasteiger partial charge in [-0.2, -0.15) is 0 Å². The SMILES string of the molecule is CCc1c(N)ncnc1Sc1ccc2ccccc2c1. The smallest absolute Gasteiger partial charge is 0.131 e. The van der Waals surface area contributed by atoms with Gasteiger partial charge < -0.3 is 5.73 Å². The van der Waals surface area contributed by atoms with Crippen LogP contribution in [0, 0.1) is 0 Å². The van der Waals surface area contributed by atoms with Crippen LogP contribution in [0.1, 0.15) is 12.5 Å². The molecule has 3 nitrogen and oxygen atoms in total. The molecule has 2 aromatic carbocycles. The number of fused-ring (bicyclic) bond motifs is 1. The van der Waals surface area contributed by atoms with E-state index in [1.165, 1.54) is 17.1 Å². The first-order chi connectivity index (χ1) is 9.78. The average molecular weight is 281 g/mol. The van der Waals surface area contributed by atoms with Crippen LogP contribution in [0.4, 0.5) is 5.82 Å². The summed E-state index contributed by atoms with van der Waals surface area (Å²) in [5, 5.41) is 3.42. The lowest BCUT2D eigenvalue weighted by molar-refractivity contribution is 0.953. The van der Waals surface area contributed by atoms with Crippen molar-refractivity contribution in [3.8, 4) is 0 Å². The number of hydrogen-bond acceptors (Lipinski definition) is 4. The van der Waals surface area contributed by atoms with Gasteiger partial charge in [-0.1, -0.05) is 49.0 Å². The molecule has 0 bridgehead atoms. The van der Waals surface area contributed by atoms with Crippen molar-refractivity contribution in [2.24, 2.45) is 0 Å². The quantitative estimate of drug-likeness (QED) is 0.739. The molecule has 100 valence electrons. The normalized spacial score (nSPS) is 10.8. The van der Waals surface area contributed by atoms with Crippen molar-refractivity contribution in [3.05, 3.63) is 54.4 Å². The van der Waals surface area contributed by atoms with Gasteiger partial charge in [0, 0.05) is 10.5 Å². The van der Waals surface area contributed by atoms with Crippen molar-refractivity contribution in [2.45, 2.75) is 23.3 Å². The maximum absolute atomic E-state index is 5.91. The molecule has 0 aliphatic carbocycles. The molecule has 0 radical (unpaired) electrons. The highest BCUT2D eigenvalue weighted by molar-refractivity contribution is 7.99. The number of anilines is 1. The van der Waals surface area contributed by atoms with Gasteiger partial charge in [0.2, 0.25) is 0 Å². The minimum Gasteiger partial charge on any atom is -0.383 e. The van der Waals surface area contributed by atoms with E-state index in [1.807, 2.05) is 0 Å². The summed E-state index contributed by atoms with van der Waals surface area (Å²) >= 11 is 1.64. The zero-order valence-electron chi connectivity index (χ0n) is 11.2. The molecule has 0 amide bonds. The summed E-state index contributed by atoms with van der Waals surface area (Å²) in [5.41, 5.74) is 6.93. The van der Waals surface area contributed by atoms with E-state index >= 15 is 0 Å². The van der Waals surface area contributed by atoms with Crippen LogP contribution in [-0.4, -0.2) is 9.97 Å². The summed E-state index contributed by atoms with van der Waals surface area (Å²) in [5.74, 6) is 0.575. The van der Waals surface area contributed by atoms with Gasteiger partial charge in [0.15, 0.2) is 0 Å². The molecule has 20 heavy (non-hydrogen) atoms. The molecular weight excluding hydrogens is 266 g/mol. The van der Waals surface area contributed by atoms with E-state index in [1.54, 1.807) is 11.8 Å². The van der Waals surface area contributed by atoms with Crippen molar-refractivity contribution < 1.29 is 0 Å². The molecule has 0 unspecified atom stereocenters. The topological polar surface area (TPSA) is 51.8 Å². The summed E-state index contributed by atoms with van der Waals surface area (Å²) in [6, 6.07) is 14.8. The van der Waals surface area contributed by atoms with Crippen LogP contribution in [0.15, 0.2) is 58.7 Å². The summed E-state index contributed by atoms with van der Waals surface area (Å²) in [6.45, 7) is 2.07. The van der Waals surface area contributed by atoms with E-state index in [9.17, 15) is 0 Å². The van der Waals surface area contributed by atoms with Crippen LogP contribution < -0.4 is 5.73 Å². The number of nitrogens with zero attached hydrogens (tertiary/aromatic N) is 2. The number of aromatic nitrogens is 2. The molecule has 3 aromatic rings. The Morgan fingerprint density at radius 2 is 1.85 bits per heavy atom. The fourth-order valence-corrected chi connectivity index (χ4v) is 3.19. The highest BCUT2D eigenvalue weighted by Gasteiger charge is 2.09. The first-order valence-corrected chi connectivity index (χ1v) is 7.35. The molecule has 0 fully saturated rings. The monoisotopic (exact) mass is 281 g/mol. The molecule has 4 heteroatoms. The van der Waals surface area contributed by atoms with E-state index in [0.717, 1.165) is 21.9 Å². The second-order valence-electron chi connectivity index (χ2n) is 4.51. The third-order valence-electron chi connectivity index (χ3n) is 3.23. The van der Waals surface area contributed by atoms with Crippen molar-refractivity contribution in [1.29, 1.82) is 0 Å². The van der Waals surface area contributed by atoms with Crippen molar-refractivity contribution in [1.82, 2.24) is 9.97 Å². The van der Waals surface area contributed by atoms with E-state index in [-0.39, 0.29) is 0 Å². The number of hydrogen-bond donors (Lipinski definition) is 1. The summed E-state index contributed by atoms with van der Waals surface area (Å²) in [7, 11) is 0. The molecule has 0 saturated carbocycles. The Labute approximate surface area is 122 Å². The predicted molar refractivity (Wildman–Crippen MR) is 83.9 cm³/mol. The first kappa shape index (κ1) is 12.9. The Hall–Kier alpha value is -2.07. The molecule has 1 aromatic heterocycles. The van der Waals surface area contributed by atoms with E-state index < -0.39 is 0 Å². The van der Waals surface area contributed by atoms with Gasteiger partial charge >= 0.3 is 0 Å². The Bertz CT molecular complexity index is 756. The molecule has 0 atom stereocenters. The van der Waals surface area contributed by atoms with Crippen LogP contribution in [0.2, 0.25) is 0 Å². The van der Waals surface area contributed by atoms with Gasteiger partial charge in [-0.15, -0.1) is 0 Å². The zero-order valence-corrected chi connectivity index (χ0v) is 12.0. The highest BCUT2D eigenvalue weighted by atomic mass is 32.2. The minimum absolute atomic E-state index is 0.575. The third kappa shape index (κ3) is 2.47. The molecular formula is C16H15N3S. The molecule has 3 rings (SSSR count). The molecule has 2 N–H and O–H groups in total. The van der Waals surface area contributed by atoms with E-state index in [0.29, 0.717) is 5.82 Å². The van der Waals surface area contributed by atoms with Gasteiger partial charge in [-0.3, -0.25) is 0 Å². The molecule has 1 heterocycles. The van der Waals surface area contributed by atoms with Crippen molar-refractivity contribution in [2.75, 3.05) is 5.73 Å². The lowest BCUT2D eigenvalue weighted by atomic mass is 10.1. The van der Waals surface area contributed by atoms with Crippen LogP contribution in [0.3, 0.4) is 0 Å². The lowest BCUT2D eigenvalue weighted by Crippen LogP contribution is -2.00.